The van der Waals surface area contributed by atoms with E-state index in [0.29, 0.717) is 0 Å². The first-order chi connectivity index (χ1) is 4.72. The predicted molar refractivity (Wildman–Crippen MR) is 55.1 cm³/mol. The van der Waals surface area contributed by atoms with Crippen LogP contribution in [-0.4, -0.2) is 21.3 Å². The summed E-state index contributed by atoms with van der Waals surface area (Å²) in [5.41, 5.74) is 5.15. The fraction of sp³-hybridized carbons (Fsp3) is 0. The molecule has 0 spiro atoms. The predicted octanol–water partition coefficient (Wildman–Crippen LogP) is 1.02. The van der Waals surface area contributed by atoms with E-state index in [1.807, 2.05) is 0 Å². The molecule has 0 aromatic carbocycles. The summed E-state index contributed by atoms with van der Waals surface area (Å²) in [6, 6.07) is 1.30. The second kappa shape index (κ2) is 7.85. The molecule has 76 valence electrons. The Morgan fingerprint density at radius 2 is 1.92 bits per heavy atom. The Kier molecular flexibility index (Phi) is 10.9. The Morgan fingerprint density at radius 3 is 2.23 bits per heavy atom. The highest BCUT2D eigenvalue weighted by Crippen LogP contribution is 2.03. The number of carbonyl (C=O) groups is 1. The van der Waals surface area contributed by atoms with E-state index in [2.05, 4.69) is 10.2 Å². The molecule has 1 aromatic heterocycles. The van der Waals surface area contributed by atoms with Crippen LogP contribution in [0.4, 0.5) is 5.82 Å². The van der Waals surface area contributed by atoms with Crippen LogP contribution in [0.5, 0.6) is 0 Å². The largest absolute Gasteiger partial charge is 0.478 e. The topological polar surface area (TPSA) is 89.1 Å². The van der Waals surface area contributed by atoms with Crippen molar-refractivity contribution in [3.05, 3.63) is 17.8 Å². The van der Waals surface area contributed by atoms with E-state index in [4.69, 9.17) is 10.8 Å². The van der Waals surface area contributed by atoms with Gasteiger partial charge in [-0.25, -0.2) is 4.79 Å². The molecule has 0 fully saturated rings. The summed E-state index contributed by atoms with van der Waals surface area (Å²) < 4.78 is 0. The Bertz CT molecular complexity index is 271. The van der Waals surface area contributed by atoms with Gasteiger partial charge >= 0.3 is 5.97 Å². The molecule has 0 aliphatic heterocycles. The minimum Gasteiger partial charge on any atom is -0.478 e. The van der Waals surface area contributed by atoms with Gasteiger partial charge in [0.2, 0.25) is 0 Å². The number of nitrogen functional groups attached to an aromatic ring is 1. The minimum absolute atomic E-state index is 0. The van der Waals surface area contributed by atoms with Gasteiger partial charge in [0.1, 0.15) is 5.56 Å². The number of nitrogens with zero attached hydrogens (tertiary/aromatic N) is 2. The van der Waals surface area contributed by atoms with Gasteiger partial charge in [-0.15, -0.1) is 42.3 Å². The van der Waals surface area contributed by atoms with E-state index in [0.717, 1.165) is 0 Å². The molecule has 0 radical (unpaired) electrons. The van der Waals surface area contributed by atoms with Crippen molar-refractivity contribution >= 4 is 49.0 Å². The van der Waals surface area contributed by atoms with Crippen LogP contribution in [0, 0.1) is 0 Å². The molecule has 0 saturated carbocycles. The van der Waals surface area contributed by atoms with Crippen LogP contribution in [-0.2, 0) is 0 Å². The Balaban J connectivity index is -0.000000333. The van der Waals surface area contributed by atoms with Crippen LogP contribution in [0.15, 0.2) is 12.3 Å². The molecule has 1 rings (SSSR count). The van der Waals surface area contributed by atoms with Crippen LogP contribution in [0.3, 0.4) is 0 Å². The van der Waals surface area contributed by atoms with Gasteiger partial charge in [0.05, 0.1) is 6.20 Å². The van der Waals surface area contributed by atoms with Crippen molar-refractivity contribution in [3.63, 3.8) is 0 Å². The van der Waals surface area contributed by atoms with Crippen LogP contribution in [0.25, 0.3) is 0 Å². The average molecular weight is 248 g/mol. The lowest BCUT2D eigenvalue weighted by Gasteiger charge is -1.94. The van der Waals surface area contributed by atoms with E-state index in [1.165, 1.54) is 12.3 Å². The molecule has 0 aliphatic rings. The van der Waals surface area contributed by atoms with Crippen molar-refractivity contribution < 1.29 is 9.90 Å². The van der Waals surface area contributed by atoms with Crippen molar-refractivity contribution in [3.8, 4) is 0 Å². The minimum atomic E-state index is -1.09. The summed E-state index contributed by atoms with van der Waals surface area (Å²) >= 11 is 0. The molecule has 0 atom stereocenters. The maximum Gasteiger partial charge on any atom is 0.339 e. The van der Waals surface area contributed by atoms with E-state index >= 15 is 0 Å². The summed E-state index contributed by atoms with van der Waals surface area (Å²) in [5, 5.41) is 15.2. The van der Waals surface area contributed by atoms with E-state index in [1.54, 1.807) is 0 Å². The number of halogens is 3. The van der Waals surface area contributed by atoms with E-state index < -0.39 is 5.97 Å². The molecular weight excluding hydrogens is 240 g/mol. The molecule has 0 bridgehead atoms. The zero-order chi connectivity index (χ0) is 7.56. The summed E-state index contributed by atoms with van der Waals surface area (Å²) in [7, 11) is 0. The van der Waals surface area contributed by atoms with Crippen LogP contribution < -0.4 is 5.73 Å². The number of carboxylic acid groups (broad SMARTS) is 1. The maximum absolute atomic E-state index is 10.3. The summed E-state index contributed by atoms with van der Waals surface area (Å²) in [6.45, 7) is 0. The first-order valence-corrected chi connectivity index (χ1v) is 2.52. The van der Waals surface area contributed by atoms with Gasteiger partial charge in [0.15, 0.2) is 5.82 Å². The van der Waals surface area contributed by atoms with Crippen molar-refractivity contribution in [1.29, 1.82) is 0 Å². The number of aromatic nitrogens is 2. The lowest BCUT2D eigenvalue weighted by molar-refractivity contribution is 0.0697. The highest BCUT2D eigenvalue weighted by Gasteiger charge is 2.06. The second-order valence-corrected chi connectivity index (χ2v) is 1.64. The van der Waals surface area contributed by atoms with Gasteiger partial charge in [0, 0.05) is 0 Å². The number of carboxylic acids is 1. The summed E-state index contributed by atoms with van der Waals surface area (Å²) in [5.74, 6) is -1.15. The molecule has 1 aromatic rings. The number of hydrogen-bond acceptors (Lipinski definition) is 4. The van der Waals surface area contributed by atoms with E-state index in [9.17, 15) is 4.79 Å². The normalized spacial score (nSPS) is 7.08. The number of aromatic carboxylic acids is 1. The molecule has 8 heteroatoms. The number of nitrogens with two attached hydrogens (primary N) is 1. The maximum atomic E-state index is 10.3. The average Bonchev–Trinajstić information content (AvgIpc) is 1.88. The van der Waals surface area contributed by atoms with E-state index in [-0.39, 0.29) is 48.6 Å². The molecule has 0 saturated heterocycles. The Morgan fingerprint density at radius 1 is 1.38 bits per heavy atom. The standard InChI is InChI=1S/C5H5N3O2.3ClH/c6-4-3(5(9)10)1-2-7-8-4;;;/h1-2H,(H2,6,8)(H,9,10);3*1H. The lowest BCUT2D eigenvalue weighted by Crippen LogP contribution is -2.04. The van der Waals surface area contributed by atoms with Gasteiger partial charge in [-0.1, -0.05) is 0 Å². The van der Waals surface area contributed by atoms with Gasteiger partial charge in [0.25, 0.3) is 0 Å². The summed E-state index contributed by atoms with van der Waals surface area (Å²) in [6.07, 6.45) is 1.28. The zero-order valence-electron chi connectivity index (χ0n) is 6.21. The highest BCUT2D eigenvalue weighted by atomic mass is 35.5. The second-order valence-electron chi connectivity index (χ2n) is 1.64. The smallest absolute Gasteiger partial charge is 0.339 e. The monoisotopic (exact) mass is 247 g/mol. The van der Waals surface area contributed by atoms with Gasteiger partial charge in [-0.05, 0) is 6.07 Å². The van der Waals surface area contributed by atoms with Crippen molar-refractivity contribution in [2.24, 2.45) is 0 Å². The number of rotatable bonds is 1. The fourth-order valence-electron chi connectivity index (χ4n) is 0.523. The molecule has 0 aliphatic carbocycles. The van der Waals surface area contributed by atoms with Gasteiger partial charge in [-0.3, -0.25) is 0 Å². The van der Waals surface area contributed by atoms with Crippen molar-refractivity contribution in [2.75, 3.05) is 5.73 Å². The third kappa shape index (κ3) is 4.72. The summed E-state index contributed by atoms with van der Waals surface area (Å²) in [4.78, 5) is 10.3. The van der Waals surface area contributed by atoms with Crippen molar-refractivity contribution in [2.45, 2.75) is 0 Å². The van der Waals surface area contributed by atoms with Crippen LogP contribution >= 0.6 is 37.2 Å². The SMILES string of the molecule is Cl.Cl.Cl.Nc1nnccc1C(=O)O. The fourth-order valence-corrected chi connectivity index (χ4v) is 0.523. The van der Waals surface area contributed by atoms with Crippen molar-refractivity contribution in [1.82, 2.24) is 10.2 Å². The molecule has 0 amide bonds. The third-order valence-corrected chi connectivity index (χ3v) is 0.980. The number of hydrogen-bond donors (Lipinski definition) is 2. The number of anilines is 1. The molecule has 5 nitrogen and oxygen atoms in total. The molecule has 0 unspecified atom stereocenters. The van der Waals surface area contributed by atoms with Crippen LogP contribution in [0.1, 0.15) is 10.4 Å². The van der Waals surface area contributed by atoms with Gasteiger partial charge in [-0.2, -0.15) is 5.10 Å². The zero-order valence-corrected chi connectivity index (χ0v) is 8.66. The lowest BCUT2D eigenvalue weighted by atomic mass is 10.3. The van der Waals surface area contributed by atoms with Crippen LogP contribution in [0.2, 0.25) is 0 Å². The molecular formula is C5H8Cl3N3O2. The Hall–Kier alpha value is -0.780. The third-order valence-electron chi connectivity index (χ3n) is 0.980. The first kappa shape index (κ1) is 18.1. The Labute approximate surface area is 93.0 Å². The quantitative estimate of drug-likeness (QED) is 0.774. The molecule has 3 N–H and O–H groups in total. The molecule has 1 heterocycles. The highest BCUT2D eigenvalue weighted by molar-refractivity contribution is 5.92. The van der Waals surface area contributed by atoms with Gasteiger partial charge < -0.3 is 10.8 Å². The molecule has 13 heavy (non-hydrogen) atoms. The first-order valence-electron chi connectivity index (χ1n) is 2.52.